The topological polar surface area (TPSA) is 156 Å². The van der Waals surface area contributed by atoms with Crippen molar-refractivity contribution in [1.29, 1.82) is 0 Å². The first-order valence-electron chi connectivity index (χ1n) is 8.38. The molecule has 0 amide bonds. The Labute approximate surface area is 193 Å². The van der Waals surface area contributed by atoms with Crippen molar-refractivity contribution < 1.29 is 31.9 Å². The van der Waals surface area contributed by atoms with Gasteiger partial charge in [0, 0.05) is 47.5 Å². The van der Waals surface area contributed by atoms with Crippen molar-refractivity contribution in [1.82, 2.24) is 19.9 Å². The number of hydrogen-bond acceptors (Lipinski definition) is 8. The molecule has 0 spiro atoms. The summed E-state index contributed by atoms with van der Waals surface area (Å²) in [5.74, 6) is 0. The van der Waals surface area contributed by atoms with Crippen molar-refractivity contribution >= 4 is 22.7 Å². The summed E-state index contributed by atoms with van der Waals surface area (Å²) in [7, 11) is 0. The normalized spacial score (nSPS) is 9.33. The molecule has 4 heterocycles. The van der Waals surface area contributed by atoms with Gasteiger partial charge in [-0.15, -0.1) is 0 Å². The molecule has 8 N–H and O–H groups in total. The Morgan fingerprint density at radius 1 is 0.433 bits per heavy atom. The molecule has 0 aromatic carbocycles. The monoisotopic (exact) mass is 509 g/mol. The zero-order valence-electron chi connectivity index (χ0n) is 15.8. The van der Waals surface area contributed by atoms with Crippen LogP contribution in [0.15, 0.2) is 73.3 Å². The summed E-state index contributed by atoms with van der Waals surface area (Å²) in [6, 6.07) is 14.0. The first-order valence-corrected chi connectivity index (χ1v) is 8.38. The van der Waals surface area contributed by atoms with E-state index in [1.54, 1.807) is 73.3 Å². The standard InChI is InChI=1S/2C10H10N4.ClH.Ru/c2*11-7-1-3-13-9(5-7)10-6-8(12)2-4-14-10;;/h2*1-6H,(H2,11,13)(H2,12,14);1H;/q;;;+2/p-1. The minimum Gasteiger partial charge on any atom is -1.00 e. The van der Waals surface area contributed by atoms with Crippen molar-refractivity contribution in [2.45, 2.75) is 0 Å². The van der Waals surface area contributed by atoms with E-state index in [1.807, 2.05) is 0 Å². The number of nitrogen functional groups attached to an aromatic ring is 4. The quantitative estimate of drug-likeness (QED) is 0.267. The number of nitrogens with two attached hydrogens (primary N) is 4. The summed E-state index contributed by atoms with van der Waals surface area (Å²) < 4.78 is 0. The molecule has 10 heteroatoms. The van der Waals surface area contributed by atoms with Crippen molar-refractivity contribution in [2.75, 3.05) is 22.9 Å². The molecule has 0 radical (unpaired) electrons. The number of hydrogen-bond donors (Lipinski definition) is 4. The van der Waals surface area contributed by atoms with Crippen molar-refractivity contribution in [3.8, 4) is 22.8 Å². The molecule has 0 fully saturated rings. The second kappa shape index (κ2) is 11.7. The molecule has 30 heavy (non-hydrogen) atoms. The van der Waals surface area contributed by atoms with Crippen LogP contribution in [0.3, 0.4) is 0 Å². The Balaban J connectivity index is 0.000000281. The second-order valence-electron chi connectivity index (χ2n) is 5.90. The summed E-state index contributed by atoms with van der Waals surface area (Å²) in [5, 5.41) is 0. The Bertz CT molecular complexity index is 919. The van der Waals surface area contributed by atoms with Crippen LogP contribution in [0.1, 0.15) is 0 Å². The maximum Gasteiger partial charge on any atom is 2.00 e. The van der Waals surface area contributed by atoms with E-state index < -0.39 is 0 Å². The largest absolute Gasteiger partial charge is 2.00 e. The van der Waals surface area contributed by atoms with Crippen molar-refractivity contribution in [2.24, 2.45) is 0 Å². The fourth-order valence-corrected chi connectivity index (χ4v) is 2.35. The summed E-state index contributed by atoms with van der Waals surface area (Å²) in [5.41, 5.74) is 28.1. The van der Waals surface area contributed by atoms with Crippen LogP contribution in [0, 0.1) is 0 Å². The van der Waals surface area contributed by atoms with Gasteiger partial charge in [0.15, 0.2) is 0 Å². The third kappa shape index (κ3) is 6.95. The number of anilines is 4. The van der Waals surface area contributed by atoms with Gasteiger partial charge < -0.3 is 35.3 Å². The van der Waals surface area contributed by atoms with E-state index in [2.05, 4.69) is 19.9 Å². The van der Waals surface area contributed by atoms with Gasteiger partial charge >= 0.3 is 19.5 Å². The predicted molar refractivity (Wildman–Crippen MR) is 113 cm³/mol. The van der Waals surface area contributed by atoms with Crippen molar-refractivity contribution in [3.05, 3.63) is 73.3 Å². The van der Waals surface area contributed by atoms with Gasteiger partial charge in [-0.2, -0.15) is 0 Å². The SMILES string of the molecule is Nc1ccnc(-c2cc(N)ccn2)c1.Nc1ccnc(-c2cc(N)ccn2)c1.[Cl-].[Ru+2]. The van der Waals surface area contributed by atoms with Gasteiger partial charge in [-0.1, -0.05) is 0 Å². The molecule has 4 aromatic heterocycles. The van der Waals surface area contributed by atoms with Gasteiger partial charge in [0.25, 0.3) is 0 Å². The number of rotatable bonds is 2. The predicted octanol–water partition coefficient (Wildman–Crippen LogP) is -0.382. The van der Waals surface area contributed by atoms with Crippen LogP contribution in [0.5, 0.6) is 0 Å². The summed E-state index contributed by atoms with van der Waals surface area (Å²) in [6.07, 6.45) is 6.59. The van der Waals surface area contributed by atoms with Gasteiger partial charge in [-0.3, -0.25) is 19.9 Å². The van der Waals surface area contributed by atoms with Crippen molar-refractivity contribution in [3.63, 3.8) is 0 Å². The molecule has 0 unspecified atom stereocenters. The molecule has 154 valence electrons. The van der Waals surface area contributed by atoms with Crippen LogP contribution in [0.25, 0.3) is 22.8 Å². The maximum absolute atomic E-state index is 5.63. The third-order valence-corrected chi connectivity index (χ3v) is 3.66. The minimum atomic E-state index is 0. The second-order valence-corrected chi connectivity index (χ2v) is 5.90. The molecule has 4 rings (SSSR count). The van der Waals surface area contributed by atoms with Gasteiger partial charge in [0.2, 0.25) is 0 Å². The molecule has 0 aliphatic carbocycles. The number of aromatic nitrogens is 4. The smallest absolute Gasteiger partial charge is 1.00 e. The molecule has 0 aliphatic heterocycles. The van der Waals surface area contributed by atoms with Crippen LogP contribution in [0.4, 0.5) is 22.7 Å². The molecule has 4 aromatic rings. The zero-order chi connectivity index (χ0) is 19.9. The molecule has 0 aliphatic rings. The molecule has 0 saturated heterocycles. The number of halogens is 1. The molecular weight excluding hydrogens is 489 g/mol. The summed E-state index contributed by atoms with van der Waals surface area (Å²) in [4.78, 5) is 16.6. The fraction of sp³-hybridized carbons (Fsp3) is 0. The van der Waals surface area contributed by atoms with E-state index in [4.69, 9.17) is 22.9 Å². The van der Waals surface area contributed by atoms with E-state index in [0.717, 1.165) is 22.8 Å². The van der Waals surface area contributed by atoms with Crippen LogP contribution < -0.4 is 35.3 Å². The Morgan fingerprint density at radius 2 is 0.633 bits per heavy atom. The van der Waals surface area contributed by atoms with Gasteiger partial charge in [0.1, 0.15) is 0 Å². The molecule has 0 saturated carbocycles. The third-order valence-electron chi connectivity index (χ3n) is 3.66. The van der Waals surface area contributed by atoms with E-state index in [1.165, 1.54) is 0 Å². The molecule has 0 atom stereocenters. The average molecular weight is 509 g/mol. The van der Waals surface area contributed by atoms with E-state index in [-0.39, 0.29) is 31.9 Å². The van der Waals surface area contributed by atoms with E-state index >= 15 is 0 Å². The van der Waals surface area contributed by atoms with Gasteiger partial charge in [-0.05, 0) is 48.5 Å². The van der Waals surface area contributed by atoms with E-state index in [0.29, 0.717) is 22.7 Å². The summed E-state index contributed by atoms with van der Waals surface area (Å²) >= 11 is 0. The molecular formula is C20H20ClN8Ru+. The first-order chi connectivity index (χ1) is 13.5. The number of pyridine rings is 4. The Morgan fingerprint density at radius 3 is 0.800 bits per heavy atom. The summed E-state index contributed by atoms with van der Waals surface area (Å²) in [6.45, 7) is 0. The van der Waals surface area contributed by atoms with Crippen LogP contribution in [-0.2, 0) is 19.5 Å². The Hall–Kier alpha value is -3.29. The van der Waals surface area contributed by atoms with Gasteiger partial charge in [0.05, 0.1) is 22.8 Å². The zero-order valence-corrected chi connectivity index (χ0v) is 18.3. The number of nitrogens with zero attached hydrogens (tertiary/aromatic N) is 4. The minimum absolute atomic E-state index is 0. The van der Waals surface area contributed by atoms with Crippen LogP contribution in [0.2, 0.25) is 0 Å². The van der Waals surface area contributed by atoms with E-state index in [9.17, 15) is 0 Å². The Kier molecular flexibility index (Phi) is 9.61. The van der Waals surface area contributed by atoms with Crippen LogP contribution >= 0.6 is 0 Å². The molecule has 8 nitrogen and oxygen atoms in total. The van der Waals surface area contributed by atoms with Gasteiger partial charge in [-0.25, -0.2) is 0 Å². The van der Waals surface area contributed by atoms with Crippen LogP contribution in [-0.4, -0.2) is 19.9 Å². The first kappa shape index (κ1) is 24.8. The average Bonchev–Trinajstić information content (AvgIpc) is 2.69. The maximum atomic E-state index is 5.63. The molecule has 0 bridgehead atoms. The fourth-order valence-electron chi connectivity index (χ4n) is 2.35.